The Balaban J connectivity index is 1.85. The van der Waals surface area contributed by atoms with Gasteiger partial charge in [-0.2, -0.15) is 0 Å². The first kappa shape index (κ1) is 18.6. The molecule has 3 rings (SSSR count). The Morgan fingerprint density at radius 3 is 2.58 bits per heavy atom. The lowest BCUT2D eigenvalue weighted by molar-refractivity contribution is -0.899. The summed E-state index contributed by atoms with van der Waals surface area (Å²) in [5.41, 5.74) is 2.27. The van der Waals surface area contributed by atoms with Crippen molar-refractivity contribution in [3.05, 3.63) is 41.5 Å². The van der Waals surface area contributed by atoms with Crippen LogP contribution in [0.1, 0.15) is 15.9 Å². The summed E-state index contributed by atoms with van der Waals surface area (Å²) in [5, 5.41) is 3.47. The Kier molecular flexibility index (Phi) is 6.03. The lowest BCUT2D eigenvalue weighted by Crippen LogP contribution is -3.15. The van der Waals surface area contributed by atoms with E-state index in [1.54, 1.807) is 0 Å². The number of hydrogen-bond donors (Lipinski definition) is 2. The average Bonchev–Trinajstić information content (AvgIpc) is 2.98. The molecule has 2 heterocycles. The third-order valence-electron chi connectivity index (χ3n) is 4.44. The predicted octanol–water partition coefficient (Wildman–Crippen LogP) is 1.36. The highest BCUT2D eigenvalue weighted by Crippen LogP contribution is 2.40. The van der Waals surface area contributed by atoms with E-state index in [0.29, 0.717) is 30.3 Å². The molecular formula is C19H23N2O4S+. The number of nitrogens with one attached hydrogen (secondary N) is 2. The molecule has 0 bridgehead atoms. The van der Waals surface area contributed by atoms with Crippen LogP contribution in [0, 0.1) is 6.92 Å². The van der Waals surface area contributed by atoms with Crippen molar-refractivity contribution >= 4 is 28.2 Å². The zero-order chi connectivity index (χ0) is 18.5. The molecule has 0 aliphatic carbocycles. The zero-order valence-corrected chi connectivity index (χ0v) is 15.8. The third kappa shape index (κ3) is 4.12. The van der Waals surface area contributed by atoms with Crippen molar-refractivity contribution in [2.45, 2.75) is 6.92 Å². The van der Waals surface area contributed by atoms with Gasteiger partial charge in [-0.15, -0.1) is 11.3 Å². The molecule has 26 heavy (non-hydrogen) atoms. The molecule has 1 saturated heterocycles. The van der Waals surface area contributed by atoms with Crippen LogP contribution in [0.4, 0.5) is 5.00 Å². The molecule has 1 fully saturated rings. The Morgan fingerprint density at radius 1 is 1.23 bits per heavy atom. The van der Waals surface area contributed by atoms with Gasteiger partial charge in [0.2, 0.25) is 0 Å². The molecule has 138 valence electrons. The van der Waals surface area contributed by atoms with Crippen molar-refractivity contribution < 1.29 is 24.0 Å². The van der Waals surface area contributed by atoms with Gasteiger partial charge in [0.05, 0.1) is 25.9 Å². The first-order valence-electron chi connectivity index (χ1n) is 8.58. The molecule has 1 aliphatic heterocycles. The van der Waals surface area contributed by atoms with Crippen molar-refractivity contribution in [1.82, 2.24) is 0 Å². The SMILES string of the molecule is COC(=O)c1c(NC(=O)C[NH+]2CCOCC2)sc(-c2ccccc2)c1C. The molecule has 6 nitrogen and oxygen atoms in total. The van der Waals surface area contributed by atoms with Crippen molar-refractivity contribution in [2.75, 3.05) is 45.3 Å². The predicted molar refractivity (Wildman–Crippen MR) is 101 cm³/mol. The number of anilines is 1. The van der Waals surface area contributed by atoms with Gasteiger partial charge in [0.15, 0.2) is 6.54 Å². The number of thiophene rings is 1. The molecule has 2 N–H and O–H groups in total. The van der Waals surface area contributed by atoms with Crippen LogP contribution in [-0.2, 0) is 14.3 Å². The molecule has 7 heteroatoms. The Labute approximate surface area is 156 Å². The van der Waals surface area contributed by atoms with Crippen LogP contribution < -0.4 is 10.2 Å². The second-order valence-corrected chi connectivity index (χ2v) is 7.23. The van der Waals surface area contributed by atoms with Crippen LogP contribution >= 0.6 is 11.3 Å². The van der Waals surface area contributed by atoms with E-state index in [9.17, 15) is 9.59 Å². The topological polar surface area (TPSA) is 69.1 Å². The highest BCUT2D eigenvalue weighted by molar-refractivity contribution is 7.20. The normalized spacial score (nSPS) is 14.8. The molecular weight excluding hydrogens is 352 g/mol. The smallest absolute Gasteiger partial charge is 0.341 e. The monoisotopic (exact) mass is 375 g/mol. The molecule has 0 spiro atoms. The first-order chi connectivity index (χ1) is 12.6. The molecule has 1 aromatic carbocycles. The van der Waals surface area contributed by atoms with Crippen LogP contribution in [0.5, 0.6) is 0 Å². The minimum Gasteiger partial charge on any atom is -0.465 e. The first-order valence-corrected chi connectivity index (χ1v) is 9.40. The van der Waals surface area contributed by atoms with E-state index in [-0.39, 0.29) is 5.91 Å². The Bertz CT molecular complexity index is 782. The number of rotatable bonds is 5. The number of amides is 1. The van der Waals surface area contributed by atoms with Gasteiger partial charge in [0.25, 0.3) is 5.91 Å². The summed E-state index contributed by atoms with van der Waals surface area (Å²) in [4.78, 5) is 26.9. The van der Waals surface area contributed by atoms with E-state index >= 15 is 0 Å². The largest absolute Gasteiger partial charge is 0.465 e. The van der Waals surface area contributed by atoms with Crippen LogP contribution in [0.25, 0.3) is 10.4 Å². The van der Waals surface area contributed by atoms with Crippen LogP contribution in [0.15, 0.2) is 30.3 Å². The van der Waals surface area contributed by atoms with Crippen molar-refractivity contribution in [3.63, 3.8) is 0 Å². The van der Waals surface area contributed by atoms with E-state index in [1.165, 1.54) is 23.3 Å². The number of quaternary nitrogens is 1. The van der Waals surface area contributed by atoms with Crippen LogP contribution in [0.3, 0.4) is 0 Å². The minimum absolute atomic E-state index is 0.104. The highest BCUT2D eigenvalue weighted by atomic mass is 32.1. The molecule has 0 unspecified atom stereocenters. The summed E-state index contributed by atoms with van der Waals surface area (Å²) in [7, 11) is 1.35. The van der Waals surface area contributed by atoms with E-state index in [4.69, 9.17) is 9.47 Å². The van der Waals surface area contributed by atoms with Gasteiger partial charge in [-0.05, 0) is 18.1 Å². The van der Waals surface area contributed by atoms with Crippen molar-refractivity contribution in [2.24, 2.45) is 0 Å². The van der Waals surface area contributed by atoms with Gasteiger partial charge in [0.1, 0.15) is 18.1 Å². The van der Waals surface area contributed by atoms with Gasteiger partial charge in [-0.1, -0.05) is 30.3 Å². The van der Waals surface area contributed by atoms with Gasteiger partial charge in [-0.25, -0.2) is 4.79 Å². The molecule has 0 radical (unpaired) electrons. The lowest BCUT2D eigenvalue weighted by Gasteiger charge is -2.22. The van der Waals surface area contributed by atoms with Gasteiger partial charge >= 0.3 is 5.97 Å². The summed E-state index contributed by atoms with van der Waals surface area (Å²) in [6.45, 7) is 5.22. The summed E-state index contributed by atoms with van der Waals surface area (Å²) in [6.07, 6.45) is 0. The van der Waals surface area contributed by atoms with E-state index in [0.717, 1.165) is 29.1 Å². The maximum absolute atomic E-state index is 12.5. The number of carbonyl (C=O) groups is 2. The highest BCUT2D eigenvalue weighted by Gasteiger charge is 2.25. The Morgan fingerprint density at radius 2 is 1.92 bits per heavy atom. The van der Waals surface area contributed by atoms with Gasteiger partial charge in [0, 0.05) is 4.88 Å². The number of benzene rings is 1. The maximum Gasteiger partial charge on any atom is 0.341 e. The summed E-state index contributed by atoms with van der Waals surface area (Å²) >= 11 is 1.41. The minimum atomic E-state index is -0.435. The quantitative estimate of drug-likeness (QED) is 0.775. The summed E-state index contributed by atoms with van der Waals surface area (Å²) in [6, 6.07) is 9.83. The van der Waals surface area contributed by atoms with E-state index in [2.05, 4.69) is 5.32 Å². The molecule has 1 aromatic heterocycles. The third-order valence-corrected chi connectivity index (χ3v) is 5.69. The number of morpholine rings is 1. The molecule has 2 aromatic rings. The fourth-order valence-electron chi connectivity index (χ4n) is 3.05. The van der Waals surface area contributed by atoms with E-state index < -0.39 is 5.97 Å². The average molecular weight is 375 g/mol. The number of esters is 1. The maximum atomic E-state index is 12.5. The zero-order valence-electron chi connectivity index (χ0n) is 15.0. The van der Waals surface area contributed by atoms with Crippen LogP contribution in [0.2, 0.25) is 0 Å². The molecule has 1 amide bonds. The second-order valence-electron chi connectivity index (χ2n) is 6.21. The molecule has 1 aliphatic rings. The molecule has 0 atom stereocenters. The summed E-state index contributed by atoms with van der Waals surface area (Å²) in [5.74, 6) is -0.539. The van der Waals surface area contributed by atoms with Crippen LogP contribution in [-0.4, -0.2) is 51.8 Å². The van der Waals surface area contributed by atoms with Crippen molar-refractivity contribution in [3.8, 4) is 10.4 Å². The lowest BCUT2D eigenvalue weighted by atomic mass is 10.1. The fourth-order valence-corrected chi connectivity index (χ4v) is 4.27. The standard InChI is InChI=1S/C19H22N2O4S/c1-13-16(19(23)24-2)18(26-17(13)14-6-4-3-5-7-14)20-15(22)12-21-8-10-25-11-9-21/h3-7H,8-12H2,1-2H3,(H,20,22)/p+1. The number of methoxy groups -OCH3 is 1. The fraction of sp³-hybridized carbons (Fsp3) is 0.368. The van der Waals surface area contributed by atoms with Gasteiger partial charge < -0.3 is 19.7 Å². The Hall–Kier alpha value is -2.22. The second kappa shape index (κ2) is 8.44. The molecule has 0 saturated carbocycles. The number of carbonyl (C=O) groups excluding carboxylic acids is 2. The van der Waals surface area contributed by atoms with Crippen molar-refractivity contribution in [1.29, 1.82) is 0 Å². The van der Waals surface area contributed by atoms with E-state index in [1.807, 2.05) is 37.3 Å². The summed E-state index contributed by atoms with van der Waals surface area (Å²) < 4.78 is 10.3. The number of hydrogen-bond acceptors (Lipinski definition) is 5. The number of ether oxygens (including phenoxy) is 2. The van der Waals surface area contributed by atoms with Gasteiger partial charge in [-0.3, -0.25) is 4.79 Å².